The molecule has 0 bridgehead atoms. The molecule has 1 aliphatic rings. The maximum atomic E-state index is 8.24. The average Bonchev–Trinajstić information content (AvgIpc) is 1.79. The van der Waals surface area contributed by atoms with Gasteiger partial charge in [0.2, 0.25) is 0 Å². The maximum absolute atomic E-state index is 8.24. The van der Waals surface area contributed by atoms with Gasteiger partial charge in [-0.25, -0.2) is 0 Å². The third kappa shape index (κ3) is 2.17. The Hall–Kier alpha value is -0.260. The highest BCUT2D eigenvalue weighted by Gasteiger charge is 2.31. The van der Waals surface area contributed by atoms with Crippen LogP contribution in [0.25, 0.3) is 0 Å². The number of hydrogen-bond acceptors (Lipinski definition) is 2. The molecule has 3 heteroatoms. The van der Waals surface area contributed by atoms with E-state index in [4.69, 9.17) is 11.0 Å². The average molecular weight is 161 g/mol. The Labute approximate surface area is 67.8 Å². The zero-order valence-corrected chi connectivity index (χ0v) is 6.78. The molecule has 1 fully saturated rings. The fourth-order valence-corrected chi connectivity index (χ4v) is 1.19. The zero-order valence-electron chi connectivity index (χ0n) is 5.97. The van der Waals surface area contributed by atoms with Crippen molar-refractivity contribution < 1.29 is 0 Å². The minimum Gasteiger partial charge on any atom is -0.325 e. The van der Waals surface area contributed by atoms with Gasteiger partial charge in [-0.3, -0.25) is 0 Å². The highest BCUT2D eigenvalue weighted by atomic mass is 35.5. The fraction of sp³-hybridized carbons (Fsp3) is 0.857. The van der Waals surface area contributed by atoms with Crippen LogP contribution in [0.4, 0.5) is 0 Å². The van der Waals surface area contributed by atoms with Crippen molar-refractivity contribution in [2.24, 2.45) is 5.73 Å². The molecule has 2 N–H and O–H groups in total. The van der Waals surface area contributed by atoms with Crippen LogP contribution >= 0.6 is 12.4 Å². The van der Waals surface area contributed by atoms with E-state index in [0.717, 1.165) is 19.3 Å². The number of hydrogen-bond donors (Lipinski definition) is 1. The molecule has 58 valence electrons. The summed E-state index contributed by atoms with van der Waals surface area (Å²) in [7, 11) is 0. The molecule has 0 aliphatic heterocycles. The van der Waals surface area contributed by atoms with Gasteiger partial charge < -0.3 is 5.73 Å². The van der Waals surface area contributed by atoms with Crippen LogP contribution in [0.15, 0.2) is 0 Å². The van der Waals surface area contributed by atoms with Crippen LogP contribution < -0.4 is 5.73 Å². The summed E-state index contributed by atoms with van der Waals surface area (Å²) >= 11 is 0. The number of rotatable bonds is 2. The summed E-state index contributed by atoms with van der Waals surface area (Å²) in [6, 6.07) is 2.11. The molecule has 0 atom stereocenters. The maximum Gasteiger partial charge on any atom is 0.0622 e. The Morgan fingerprint density at radius 2 is 2.10 bits per heavy atom. The van der Waals surface area contributed by atoms with Gasteiger partial charge in [-0.1, -0.05) is 0 Å². The van der Waals surface area contributed by atoms with Crippen molar-refractivity contribution in [3.8, 4) is 6.07 Å². The van der Waals surface area contributed by atoms with Crippen molar-refractivity contribution in [2.45, 2.75) is 37.6 Å². The summed E-state index contributed by atoms with van der Waals surface area (Å²) in [5, 5.41) is 8.24. The Morgan fingerprint density at radius 1 is 1.50 bits per heavy atom. The van der Waals surface area contributed by atoms with Crippen molar-refractivity contribution in [1.29, 1.82) is 5.26 Å². The molecular formula is C7H13ClN2. The molecule has 0 saturated heterocycles. The summed E-state index contributed by atoms with van der Waals surface area (Å²) < 4.78 is 0. The highest BCUT2D eigenvalue weighted by Crippen LogP contribution is 2.32. The molecule has 0 heterocycles. The lowest BCUT2D eigenvalue weighted by molar-refractivity contribution is 0.234. The second kappa shape index (κ2) is 3.80. The molecule has 0 aromatic rings. The second-order valence-electron chi connectivity index (χ2n) is 2.87. The van der Waals surface area contributed by atoms with Gasteiger partial charge in [0.15, 0.2) is 0 Å². The Kier molecular flexibility index (Phi) is 3.70. The molecular weight excluding hydrogens is 148 g/mol. The van der Waals surface area contributed by atoms with Crippen LogP contribution in [0.5, 0.6) is 0 Å². The highest BCUT2D eigenvalue weighted by molar-refractivity contribution is 5.85. The SMILES string of the molecule is Cl.N#CCCC1(N)CCC1. The first-order valence-electron chi connectivity index (χ1n) is 3.43. The number of halogens is 1. The van der Waals surface area contributed by atoms with E-state index < -0.39 is 0 Å². The van der Waals surface area contributed by atoms with Gasteiger partial charge in [-0.2, -0.15) is 5.26 Å². The van der Waals surface area contributed by atoms with Gasteiger partial charge in [0.25, 0.3) is 0 Å². The predicted octanol–water partition coefficient (Wildman–Crippen LogP) is 1.59. The van der Waals surface area contributed by atoms with Crippen LogP contribution in [0.2, 0.25) is 0 Å². The summed E-state index contributed by atoms with van der Waals surface area (Å²) in [6.45, 7) is 0. The Morgan fingerprint density at radius 3 is 2.40 bits per heavy atom. The standard InChI is InChI=1S/C7H12N2.ClH/c8-6-2-5-7(9)3-1-4-7;/h1-5,9H2;1H. The zero-order chi connectivity index (χ0) is 6.74. The lowest BCUT2D eigenvalue weighted by Crippen LogP contribution is -2.46. The molecule has 0 amide bonds. The van der Waals surface area contributed by atoms with Crippen molar-refractivity contribution in [1.82, 2.24) is 0 Å². The van der Waals surface area contributed by atoms with Crippen LogP contribution in [0.1, 0.15) is 32.1 Å². The first kappa shape index (κ1) is 9.74. The van der Waals surface area contributed by atoms with Gasteiger partial charge in [0.1, 0.15) is 0 Å². The fourth-order valence-electron chi connectivity index (χ4n) is 1.19. The van der Waals surface area contributed by atoms with Gasteiger partial charge in [0.05, 0.1) is 6.07 Å². The van der Waals surface area contributed by atoms with E-state index in [1.807, 2.05) is 0 Å². The van der Waals surface area contributed by atoms with E-state index >= 15 is 0 Å². The van der Waals surface area contributed by atoms with Gasteiger partial charge in [0, 0.05) is 12.0 Å². The first-order chi connectivity index (χ1) is 4.27. The summed E-state index contributed by atoms with van der Waals surface area (Å²) in [6.07, 6.45) is 5.01. The molecule has 0 aromatic carbocycles. The molecule has 0 aromatic heterocycles. The minimum atomic E-state index is 0. The molecule has 1 saturated carbocycles. The van der Waals surface area contributed by atoms with Gasteiger partial charge in [-0.05, 0) is 25.7 Å². The van der Waals surface area contributed by atoms with E-state index in [-0.39, 0.29) is 17.9 Å². The van der Waals surface area contributed by atoms with E-state index in [9.17, 15) is 0 Å². The van der Waals surface area contributed by atoms with E-state index in [2.05, 4.69) is 6.07 Å². The lowest BCUT2D eigenvalue weighted by Gasteiger charge is -2.37. The normalized spacial score (nSPS) is 20.0. The van der Waals surface area contributed by atoms with E-state index in [0.29, 0.717) is 6.42 Å². The lowest BCUT2D eigenvalue weighted by atomic mass is 9.75. The smallest absolute Gasteiger partial charge is 0.0622 e. The molecule has 0 spiro atoms. The Bertz CT molecular complexity index is 135. The summed E-state index contributed by atoms with van der Waals surface area (Å²) in [5.74, 6) is 0. The molecule has 0 radical (unpaired) electrons. The topological polar surface area (TPSA) is 49.8 Å². The van der Waals surface area contributed by atoms with Gasteiger partial charge in [-0.15, -0.1) is 12.4 Å². The summed E-state index contributed by atoms with van der Waals surface area (Å²) in [4.78, 5) is 0. The van der Waals surface area contributed by atoms with Crippen molar-refractivity contribution in [3.63, 3.8) is 0 Å². The van der Waals surface area contributed by atoms with E-state index in [1.165, 1.54) is 6.42 Å². The minimum absolute atomic E-state index is 0. The molecule has 1 rings (SSSR count). The monoisotopic (exact) mass is 160 g/mol. The Balaban J connectivity index is 0.000000810. The van der Waals surface area contributed by atoms with Crippen molar-refractivity contribution in [3.05, 3.63) is 0 Å². The van der Waals surface area contributed by atoms with Crippen LogP contribution in [0, 0.1) is 11.3 Å². The third-order valence-electron chi connectivity index (χ3n) is 2.08. The van der Waals surface area contributed by atoms with Crippen LogP contribution in [-0.4, -0.2) is 5.54 Å². The van der Waals surface area contributed by atoms with Gasteiger partial charge >= 0.3 is 0 Å². The van der Waals surface area contributed by atoms with Crippen molar-refractivity contribution >= 4 is 12.4 Å². The largest absolute Gasteiger partial charge is 0.325 e. The number of nitrogens with zero attached hydrogens (tertiary/aromatic N) is 1. The first-order valence-corrected chi connectivity index (χ1v) is 3.43. The molecule has 0 unspecified atom stereocenters. The van der Waals surface area contributed by atoms with Crippen LogP contribution in [0.3, 0.4) is 0 Å². The quantitative estimate of drug-likeness (QED) is 0.667. The molecule has 10 heavy (non-hydrogen) atoms. The molecule has 1 aliphatic carbocycles. The molecule has 2 nitrogen and oxygen atoms in total. The second-order valence-corrected chi connectivity index (χ2v) is 2.87. The van der Waals surface area contributed by atoms with Crippen LogP contribution in [-0.2, 0) is 0 Å². The summed E-state index contributed by atoms with van der Waals surface area (Å²) in [5.41, 5.74) is 5.89. The number of nitriles is 1. The predicted molar refractivity (Wildman–Crippen MR) is 42.9 cm³/mol. The van der Waals surface area contributed by atoms with E-state index in [1.54, 1.807) is 0 Å². The third-order valence-corrected chi connectivity index (χ3v) is 2.08. The number of nitrogens with two attached hydrogens (primary N) is 1. The van der Waals surface area contributed by atoms with Crippen molar-refractivity contribution in [2.75, 3.05) is 0 Å².